The molecule has 1 unspecified atom stereocenters. The maximum absolute atomic E-state index is 7.49. The monoisotopic (exact) mass is 412 g/mol. The van der Waals surface area contributed by atoms with Crippen molar-refractivity contribution in [3.63, 3.8) is 0 Å². The van der Waals surface area contributed by atoms with Crippen molar-refractivity contribution in [2.24, 2.45) is 0 Å². The van der Waals surface area contributed by atoms with Crippen molar-refractivity contribution in [1.29, 1.82) is 0 Å². The predicted molar refractivity (Wildman–Crippen MR) is 96.4 cm³/mol. The van der Waals surface area contributed by atoms with Crippen LogP contribution in [0.5, 0.6) is 0 Å². The van der Waals surface area contributed by atoms with Crippen molar-refractivity contribution in [2.75, 3.05) is 0 Å². The van der Waals surface area contributed by atoms with E-state index in [1.807, 2.05) is 6.07 Å². The molecule has 0 aromatic heterocycles. The predicted octanol–water partition coefficient (Wildman–Crippen LogP) is 4.33. The zero-order chi connectivity index (χ0) is 15.4. The second kappa shape index (κ2) is 4.45. The van der Waals surface area contributed by atoms with Crippen LogP contribution in [0, 0.1) is 0 Å². The van der Waals surface area contributed by atoms with Gasteiger partial charge in [-0.25, -0.2) is 0 Å². The molecule has 110 valence electrons. The minimum atomic E-state index is -4.56. The first-order valence-corrected chi connectivity index (χ1v) is 27.1. The van der Waals surface area contributed by atoms with E-state index in [0.29, 0.717) is 0 Å². The van der Waals surface area contributed by atoms with E-state index < -0.39 is 14.1 Å². The van der Waals surface area contributed by atoms with E-state index in [0.717, 1.165) is 7.37 Å². The molecule has 0 N–H and O–H groups in total. The Labute approximate surface area is 133 Å². The van der Waals surface area contributed by atoms with Crippen LogP contribution in [0.15, 0.2) is 60.2 Å². The molecule has 0 saturated heterocycles. The maximum atomic E-state index is 7.49. The summed E-state index contributed by atoms with van der Waals surface area (Å²) in [5, 5.41) is 0. The molecule has 4 heteroatoms. The molecule has 0 fully saturated rings. The van der Waals surface area contributed by atoms with Gasteiger partial charge < -0.3 is 0 Å². The molecule has 2 aromatic rings. The summed E-state index contributed by atoms with van der Waals surface area (Å²) in [7, 11) is 15.8. The SMILES string of the molecule is CC1=Cc2ccccc2[CH]1[Zr]([CH3])([SiH3])([Cl])([Cl])[c]1ccccc1. The molecule has 0 bridgehead atoms. The fourth-order valence-corrected chi connectivity index (χ4v) is 26.3. The normalized spacial score (nSPS) is 21.3. The van der Waals surface area contributed by atoms with Crippen LogP contribution in [0.3, 0.4) is 0 Å². The van der Waals surface area contributed by atoms with Gasteiger partial charge >= 0.3 is 134 Å². The minimum absolute atomic E-state index is 0.166. The second-order valence-electron chi connectivity index (χ2n) is 7.27. The Morgan fingerprint density at radius 3 is 2.19 bits per heavy atom. The van der Waals surface area contributed by atoms with Gasteiger partial charge in [0, 0.05) is 0 Å². The summed E-state index contributed by atoms with van der Waals surface area (Å²) in [6, 6.07) is 18.9. The summed E-state index contributed by atoms with van der Waals surface area (Å²) in [6.07, 6.45) is 2.25. The number of rotatable bonds is 2. The van der Waals surface area contributed by atoms with Gasteiger partial charge in [-0.2, -0.15) is 0 Å². The molecule has 1 aliphatic carbocycles. The van der Waals surface area contributed by atoms with Gasteiger partial charge in [-0.15, -0.1) is 0 Å². The number of benzene rings is 2. The van der Waals surface area contributed by atoms with E-state index in [1.54, 1.807) is 0 Å². The molecule has 21 heavy (non-hydrogen) atoms. The summed E-state index contributed by atoms with van der Waals surface area (Å²) in [5.74, 6) is 0. The number of allylic oxidation sites excluding steroid dienone is 1. The van der Waals surface area contributed by atoms with Crippen molar-refractivity contribution >= 4 is 33.7 Å². The van der Waals surface area contributed by atoms with Crippen LogP contribution in [0.1, 0.15) is 21.7 Å². The van der Waals surface area contributed by atoms with Crippen molar-refractivity contribution in [2.45, 2.75) is 15.2 Å². The first-order chi connectivity index (χ1) is 9.63. The van der Waals surface area contributed by atoms with Crippen LogP contribution in [0.4, 0.5) is 0 Å². The Balaban J connectivity index is 2.30. The van der Waals surface area contributed by atoms with Gasteiger partial charge in [0.1, 0.15) is 0 Å². The van der Waals surface area contributed by atoms with Gasteiger partial charge in [0.15, 0.2) is 0 Å². The molecule has 0 saturated carbocycles. The third kappa shape index (κ3) is 2.45. The molecular weight excluding hydrogens is 394 g/mol. The summed E-state index contributed by atoms with van der Waals surface area (Å²) in [6.45, 7) is 2.17. The molecule has 0 amide bonds. The fraction of sp³-hybridized carbons (Fsp3) is 0.176. The topological polar surface area (TPSA) is 0 Å². The average molecular weight is 415 g/mol. The zero-order valence-electron chi connectivity index (χ0n) is 12.6. The molecule has 3 rings (SSSR count). The molecule has 0 aliphatic heterocycles. The third-order valence-corrected chi connectivity index (χ3v) is 28.9. The van der Waals surface area contributed by atoms with Gasteiger partial charge in [-0.05, 0) is 0 Å². The average Bonchev–Trinajstić information content (AvgIpc) is 2.76. The van der Waals surface area contributed by atoms with E-state index in [-0.39, 0.29) is 3.63 Å². The Bertz CT molecular complexity index is 744. The van der Waals surface area contributed by atoms with Crippen molar-refractivity contribution in [3.8, 4) is 0 Å². The van der Waals surface area contributed by atoms with E-state index >= 15 is 0 Å². The summed E-state index contributed by atoms with van der Waals surface area (Å²) < 4.78 is 3.53. The fourth-order valence-electron chi connectivity index (χ4n) is 3.89. The van der Waals surface area contributed by atoms with Crippen molar-refractivity contribution in [3.05, 3.63) is 71.3 Å². The van der Waals surface area contributed by atoms with E-state index in [2.05, 4.69) is 66.2 Å². The molecular formula is C17H20Cl2SiZr. The van der Waals surface area contributed by atoms with Crippen molar-refractivity contribution in [1.82, 2.24) is 0 Å². The van der Waals surface area contributed by atoms with E-state index in [9.17, 15) is 0 Å². The molecule has 1 atom stereocenters. The zero-order valence-corrected chi connectivity index (χ0v) is 18.6. The van der Waals surface area contributed by atoms with Gasteiger partial charge in [0.2, 0.25) is 0 Å². The Kier molecular flexibility index (Phi) is 3.33. The van der Waals surface area contributed by atoms with Gasteiger partial charge in [-0.1, -0.05) is 0 Å². The third-order valence-electron chi connectivity index (χ3n) is 4.82. The van der Waals surface area contributed by atoms with Crippen LogP contribution < -0.4 is 3.27 Å². The van der Waals surface area contributed by atoms with Gasteiger partial charge in [0.05, 0.1) is 0 Å². The first kappa shape index (κ1) is 15.7. The Morgan fingerprint density at radius 2 is 1.52 bits per heavy atom. The summed E-state index contributed by atoms with van der Waals surface area (Å²) in [4.78, 5) is 0. The first-order valence-electron chi connectivity index (χ1n) is 7.31. The molecule has 0 radical (unpaired) electrons. The summed E-state index contributed by atoms with van der Waals surface area (Å²) in [5.41, 5.74) is 3.88. The Hall–Kier alpha value is -0.140. The molecule has 0 spiro atoms. The molecule has 1 aliphatic rings. The van der Waals surface area contributed by atoms with Gasteiger partial charge in [-0.3, -0.25) is 0 Å². The van der Waals surface area contributed by atoms with E-state index in [1.165, 1.54) is 20.0 Å². The number of hydrogen-bond donors (Lipinski definition) is 0. The Morgan fingerprint density at radius 1 is 0.952 bits per heavy atom. The molecule has 0 heterocycles. The number of hydrogen-bond acceptors (Lipinski definition) is 0. The summed E-state index contributed by atoms with van der Waals surface area (Å²) >= 11 is -4.56. The van der Waals surface area contributed by atoms with Crippen LogP contribution in [-0.4, -0.2) is 7.37 Å². The van der Waals surface area contributed by atoms with Crippen LogP contribution in [-0.2, 0) is 14.1 Å². The van der Waals surface area contributed by atoms with Crippen LogP contribution >= 0.6 is 17.0 Å². The van der Waals surface area contributed by atoms with E-state index in [4.69, 9.17) is 17.0 Å². The van der Waals surface area contributed by atoms with Crippen LogP contribution in [0.25, 0.3) is 6.08 Å². The van der Waals surface area contributed by atoms with Crippen LogP contribution in [0.2, 0.25) is 4.63 Å². The van der Waals surface area contributed by atoms with Crippen molar-refractivity contribution < 1.29 is 14.1 Å². The number of halogens is 2. The molecule has 2 aromatic carbocycles. The quantitative estimate of drug-likeness (QED) is 0.642. The standard InChI is InChI=1S/C10H9.C6H5.CH3.2ClH.H3Si.Zr/c1-8-6-9-4-2-3-5-10(9)7-8;1-2-4-6-5-3-1;;;;;/h2-7H,1H3;1-5H;1H3;2*1H;1H3;/q;;;;;;+2/p-2. The van der Waals surface area contributed by atoms with Gasteiger partial charge in [0.25, 0.3) is 0 Å². The molecule has 0 nitrogen and oxygen atoms in total. The number of fused-ring (bicyclic) bond motifs is 1. The second-order valence-corrected chi connectivity index (χ2v) is 67.5.